The van der Waals surface area contributed by atoms with Crippen LogP contribution in [0.2, 0.25) is 0 Å². The van der Waals surface area contributed by atoms with Crippen molar-refractivity contribution < 1.29 is 14.3 Å². The second kappa shape index (κ2) is 5.17. The van der Waals surface area contributed by atoms with Crippen LogP contribution in [-0.4, -0.2) is 28.1 Å². The van der Waals surface area contributed by atoms with Gasteiger partial charge in [0, 0.05) is 7.05 Å². The van der Waals surface area contributed by atoms with E-state index in [1.807, 2.05) is 24.1 Å². The van der Waals surface area contributed by atoms with Crippen molar-refractivity contribution in [2.24, 2.45) is 0 Å². The van der Waals surface area contributed by atoms with Crippen LogP contribution in [0, 0.1) is 6.92 Å². The Bertz CT molecular complexity index is 795. The summed E-state index contributed by atoms with van der Waals surface area (Å²) in [4.78, 5) is 22.7. The highest BCUT2D eigenvalue weighted by molar-refractivity contribution is 7.20. The van der Waals surface area contributed by atoms with Crippen molar-refractivity contribution in [3.05, 3.63) is 40.9 Å². The van der Waals surface area contributed by atoms with E-state index in [0.717, 1.165) is 11.1 Å². The molecule has 0 aliphatic carbocycles. The van der Waals surface area contributed by atoms with Gasteiger partial charge in [-0.25, -0.2) is 14.8 Å². The van der Waals surface area contributed by atoms with E-state index in [1.54, 1.807) is 13.2 Å². The van der Waals surface area contributed by atoms with Crippen LogP contribution in [0.15, 0.2) is 29.1 Å². The second-order valence-electron chi connectivity index (χ2n) is 4.67. The van der Waals surface area contributed by atoms with Gasteiger partial charge in [0.2, 0.25) is 0 Å². The monoisotopic (exact) mass is 303 g/mol. The van der Waals surface area contributed by atoms with Gasteiger partial charge >= 0.3 is 5.97 Å². The molecular weight excluding hydrogens is 290 g/mol. The molecule has 0 atom stereocenters. The summed E-state index contributed by atoms with van der Waals surface area (Å²) in [7, 11) is 1.89. The maximum Gasteiger partial charge on any atom is 0.346 e. The first-order chi connectivity index (χ1) is 10.1. The molecule has 0 saturated heterocycles. The number of hydrogen-bond acceptors (Lipinski definition) is 6. The van der Waals surface area contributed by atoms with E-state index in [-0.39, 0.29) is 0 Å². The summed E-state index contributed by atoms with van der Waals surface area (Å²) < 4.78 is 5.33. The van der Waals surface area contributed by atoms with Crippen LogP contribution in [0.25, 0.3) is 10.2 Å². The van der Waals surface area contributed by atoms with E-state index >= 15 is 0 Å². The van der Waals surface area contributed by atoms with Crippen molar-refractivity contribution in [3.8, 4) is 0 Å². The molecule has 0 unspecified atom stereocenters. The second-order valence-corrected chi connectivity index (χ2v) is 5.67. The number of aromatic carboxylic acids is 1. The SMILES string of the molecule is Cc1c(C(=O)O)sc2ncnc(N(C)Cc3ccco3)c12. The highest BCUT2D eigenvalue weighted by atomic mass is 32.1. The third kappa shape index (κ3) is 2.36. The molecule has 0 radical (unpaired) electrons. The Labute approximate surface area is 124 Å². The van der Waals surface area contributed by atoms with Gasteiger partial charge in [0.05, 0.1) is 18.2 Å². The molecule has 0 amide bonds. The third-order valence-corrected chi connectivity index (χ3v) is 4.42. The van der Waals surface area contributed by atoms with E-state index in [2.05, 4.69) is 9.97 Å². The number of fused-ring (bicyclic) bond motifs is 1. The lowest BCUT2D eigenvalue weighted by molar-refractivity contribution is 0.0701. The zero-order valence-electron chi connectivity index (χ0n) is 11.5. The number of rotatable bonds is 4. The molecule has 21 heavy (non-hydrogen) atoms. The third-order valence-electron chi connectivity index (χ3n) is 3.24. The zero-order chi connectivity index (χ0) is 15.0. The highest BCUT2D eigenvalue weighted by Gasteiger charge is 2.20. The van der Waals surface area contributed by atoms with Crippen molar-refractivity contribution in [3.63, 3.8) is 0 Å². The Hall–Kier alpha value is -2.41. The van der Waals surface area contributed by atoms with Gasteiger partial charge in [-0.3, -0.25) is 0 Å². The quantitative estimate of drug-likeness (QED) is 0.798. The first-order valence-electron chi connectivity index (χ1n) is 6.29. The smallest absolute Gasteiger partial charge is 0.346 e. The number of carboxylic acids is 1. The molecule has 6 nitrogen and oxygen atoms in total. The predicted octanol–water partition coefficient (Wildman–Crippen LogP) is 2.93. The average Bonchev–Trinajstić information content (AvgIpc) is 3.07. The summed E-state index contributed by atoms with van der Waals surface area (Å²) in [6.45, 7) is 2.34. The Balaban J connectivity index is 2.07. The number of thiophene rings is 1. The predicted molar refractivity (Wildman–Crippen MR) is 79.9 cm³/mol. The fourth-order valence-corrected chi connectivity index (χ4v) is 3.24. The lowest BCUT2D eigenvalue weighted by Gasteiger charge is -2.17. The number of aromatic nitrogens is 2. The molecule has 0 bridgehead atoms. The van der Waals surface area contributed by atoms with E-state index in [0.29, 0.717) is 27.6 Å². The van der Waals surface area contributed by atoms with E-state index in [9.17, 15) is 9.90 Å². The Morgan fingerprint density at radius 2 is 2.29 bits per heavy atom. The standard InChI is InChI=1S/C14H13N3O3S/c1-8-10-12(17(2)6-9-4-3-5-20-9)15-7-16-13(10)21-11(8)14(18)19/h3-5,7H,6H2,1-2H3,(H,18,19). The maximum atomic E-state index is 11.3. The van der Waals surface area contributed by atoms with Gasteiger partial charge in [0.25, 0.3) is 0 Å². The number of carbonyl (C=O) groups is 1. The summed E-state index contributed by atoms with van der Waals surface area (Å²) in [5.74, 6) is 0.586. The minimum atomic E-state index is -0.935. The molecule has 0 aliphatic rings. The number of aryl methyl sites for hydroxylation is 1. The lowest BCUT2D eigenvalue weighted by atomic mass is 10.2. The van der Waals surface area contributed by atoms with Crippen molar-refractivity contribution >= 4 is 33.3 Å². The molecule has 7 heteroatoms. The molecule has 108 valence electrons. The van der Waals surface area contributed by atoms with Crippen LogP contribution in [0.5, 0.6) is 0 Å². The molecule has 3 aromatic heterocycles. The van der Waals surface area contributed by atoms with Gasteiger partial charge in [-0.1, -0.05) is 0 Å². The van der Waals surface area contributed by atoms with Gasteiger partial charge in [-0.15, -0.1) is 11.3 Å². The number of furan rings is 1. The number of hydrogen-bond donors (Lipinski definition) is 1. The molecule has 0 aromatic carbocycles. The van der Waals surface area contributed by atoms with Crippen molar-refractivity contribution in [2.75, 3.05) is 11.9 Å². The number of anilines is 1. The average molecular weight is 303 g/mol. The van der Waals surface area contributed by atoms with Crippen molar-refractivity contribution in [2.45, 2.75) is 13.5 Å². The largest absolute Gasteiger partial charge is 0.477 e. The molecule has 0 spiro atoms. The normalized spacial score (nSPS) is 11.0. The van der Waals surface area contributed by atoms with Crippen LogP contribution in [-0.2, 0) is 6.54 Å². The van der Waals surface area contributed by atoms with Crippen LogP contribution < -0.4 is 4.90 Å². The van der Waals surface area contributed by atoms with E-state index in [1.165, 1.54) is 17.7 Å². The van der Waals surface area contributed by atoms with Gasteiger partial charge in [-0.05, 0) is 24.6 Å². The minimum absolute atomic E-state index is 0.304. The van der Waals surface area contributed by atoms with Crippen LogP contribution in [0.4, 0.5) is 5.82 Å². The Morgan fingerprint density at radius 3 is 2.95 bits per heavy atom. The van der Waals surface area contributed by atoms with Gasteiger partial charge < -0.3 is 14.4 Å². The topological polar surface area (TPSA) is 79.5 Å². The first kappa shape index (κ1) is 13.6. The zero-order valence-corrected chi connectivity index (χ0v) is 12.3. The van der Waals surface area contributed by atoms with Crippen LogP contribution in [0.1, 0.15) is 21.0 Å². The van der Waals surface area contributed by atoms with E-state index < -0.39 is 5.97 Å². The Morgan fingerprint density at radius 1 is 1.48 bits per heavy atom. The maximum absolute atomic E-state index is 11.3. The first-order valence-corrected chi connectivity index (χ1v) is 7.10. The fraction of sp³-hybridized carbons (Fsp3) is 0.214. The summed E-state index contributed by atoms with van der Waals surface area (Å²) in [6.07, 6.45) is 3.08. The van der Waals surface area contributed by atoms with Crippen molar-refractivity contribution in [1.29, 1.82) is 0 Å². The fourth-order valence-electron chi connectivity index (χ4n) is 2.26. The summed E-state index contributed by atoms with van der Waals surface area (Å²) >= 11 is 1.17. The summed E-state index contributed by atoms with van der Waals surface area (Å²) in [6, 6.07) is 3.72. The van der Waals surface area contributed by atoms with Gasteiger partial charge in [-0.2, -0.15) is 0 Å². The van der Waals surface area contributed by atoms with Gasteiger partial charge in [0.1, 0.15) is 27.6 Å². The summed E-state index contributed by atoms with van der Waals surface area (Å²) in [5.41, 5.74) is 0.699. The van der Waals surface area contributed by atoms with Gasteiger partial charge in [0.15, 0.2) is 0 Å². The Kier molecular flexibility index (Phi) is 3.34. The van der Waals surface area contributed by atoms with E-state index in [4.69, 9.17) is 4.42 Å². The number of nitrogens with zero attached hydrogens (tertiary/aromatic N) is 3. The van der Waals surface area contributed by atoms with Crippen LogP contribution >= 0.6 is 11.3 Å². The highest BCUT2D eigenvalue weighted by Crippen LogP contribution is 2.34. The minimum Gasteiger partial charge on any atom is -0.477 e. The molecule has 3 rings (SSSR count). The molecule has 1 N–H and O–H groups in total. The van der Waals surface area contributed by atoms with Crippen molar-refractivity contribution in [1.82, 2.24) is 9.97 Å². The molecule has 0 aliphatic heterocycles. The van der Waals surface area contributed by atoms with Crippen LogP contribution in [0.3, 0.4) is 0 Å². The molecule has 0 saturated carbocycles. The number of carboxylic acid groups (broad SMARTS) is 1. The molecular formula is C14H13N3O3S. The summed E-state index contributed by atoms with van der Waals surface area (Å²) in [5, 5.41) is 10.0. The molecule has 0 fully saturated rings. The molecule has 3 aromatic rings. The molecule has 3 heterocycles. The lowest BCUT2D eigenvalue weighted by Crippen LogP contribution is -2.17.